The summed E-state index contributed by atoms with van der Waals surface area (Å²) in [5.74, 6) is -1.38. The highest BCUT2D eigenvalue weighted by Crippen LogP contribution is 2.24. The second kappa shape index (κ2) is 6.46. The van der Waals surface area contributed by atoms with Crippen molar-refractivity contribution >= 4 is 5.91 Å². The largest absolute Gasteiger partial charge is 0.391 e. The van der Waals surface area contributed by atoms with Crippen molar-refractivity contribution in [3.63, 3.8) is 0 Å². The van der Waals surface area contributed by atoms with Crippen LogP contribution in [0.25, 0.3) is 11.1 Å². The minimum atomic E-state index is -0.614. The number of aliphatic hydroxyl groups excluding tert-OH is 1. The number of β-amino-alcohol motifs (C(OH)–C–C–N with tert-alkyl or cyclic N) is 1. The van der Waals surface area contributed by atoms with Gasteiger partial charge in [0, 0.05) is 13.1 Å². The molecule has 0 bridgehead atoms. The van der Waals surface area contributed by atoms with Crippen LogP contribution in [0.1, 0.15) is 23.2 Å². The van der Waals surface area contributed by atoms with Gasteiger partial charge in [-0.05, 0) is 48.2 Å². The molecule has 0 spiro atoms. The number of rotatable bonds is 2. The van der Waals surface area contributed by atoms with Crippen molar-refractivity contribution in [2.75, 3.05) is 13.1 Å². The van der Waals surface area contributed by atoms with E-state index in [-0.39, 0.29) is 17.9 Å². The summed E-state index contributed by atoms with van der Waals surface area (Å²) in [5.41, 5.74) is 1.25. The molecule has 0 unspecified atom stereocenters. The summed E-state index contributed by atoms with van der Waals surface area (Å²) in [6, 6.07) is 10.1. The van der Waals surface area contributed by atoms with Gasteiger partial charge >= 0.3 is 0 Å². The number of amides is 1. The Hall–Kier alpha value is -2.27. The maximum Gasteiger partial charge on any atom is 0.256 e. The fourth-order valence-electron chi connectivity index (χ4n) is 2.82. The summed E-state index contributed by atoms with van der Waals surface area (Å²) in [7, 11) is 0. The minimum Gasteiger partial charge on any atom is -0.391 e. The van der Waals surface area contributed by atoms with E-state index < -0.39 is 17.8 Å². The molecular formula is C18H17F2NO2. The molecular weight excluding hydrogens is 300 g/mol. The van der Waals surface area contributed by atoms with Gasteiger partial charge in [0.05, 0.1) is 11.7 Å². The van der Waals surface area contributed by atoms with Crippen molar-refractivity contribution in [1.29, 1.82) is 0 Å². The van der Waals surface area contributed by atoms with Crippen molar-refractivity contribution in [3.8, 4) is 11.1 Å². The molecule has 1 amide bonds. The Balaban J connectivity index is 1.84. The van der Waals surface area contributed by atoms with Crippen LogP contribution in [-0.2, 0) is 0 Å². The number of aliphatic hydroxyl groups is 1. The van der Waals surface area contributed by atoms with Crippen LogP contribution in [0.3, 0.4) is 0 Å². The molecule has 1 N–H and O–H groups in total. The molecule has 0 aromatic heterocycles. The van der Waals surface area contributed by atoms with Gasteiger partial charge in [-0.1, -0.05) is 18.2 Å². The molecule has 1 atom stereocenters. The van der Waals surface area contributed by atoms with Crippen molar-refractivity contribution in [3.05, 3.63) is 59.7 Å². The topological polar surface area (TPSA) is 40.5 Å². The first kappa shape index (κ1) is 15.6. The van der Waals surface area contributed by atoms with Crippen LogP contribution < -0.4 is 0 Å². The van der Waals surface area contributed by atoms with Crippen molar-refractivity contribution in [2.24, 2.45) is 0 Å². The Morgan fingerprint density at radius 1 is 1.09 bits per heavy atom. The molecule has 1 heterocycles. The van der Waals surface area contributed by atoms with Crippen LogP contribution in [-0.4, -0.2) is 35.1 Å². The van der Waals surface area contributed by atoms with Gasteiger partial charge in [-0.2, -0.15) is 0 Å². The van der Waals surface area contributed by atoms with Crippen molar-refractivity contribution in [2.45, 2.75) is 18.9 Å². The number of nitrogens with zero attached hydrogens (tertiary/aromatic N) is 1. The fraction of sp³-hybridized carbons (Fsp3) is 0.278. The number of likely N-dealkylation sites (tertiary alicyclic amines) is 1. The first-order valence-electron chi connectivity index (χ1n) is 7.57. The van der Waals surface area contributed by atoms with Gasteiger partial charge in [-0.3, -0.25) is 4.79 Å². The molecule has 1 aliphatic heterocycles. The van der Waals surface area contributed by atoms with Crippen molar-refractivity contribution in [1.82, 2.24) is 4.90 Å². The van der Waals surface area contributed by atoms with Crippen LogP contribution in [0.5, 0.6) is 0 Å². The van der Waals surface area contributed by atoms with Gasteiger partial charge in [0.2, 0.25) is 0 Å². The summed E-state index contributed by atoms with van der Waals surface area (Å²) < 4.78 is 27.3. The highest BCUT2D eigenvalue weighted by atomic mass is 19.1. The van der Waals surface area contributed by atoms with Crippen molar-refractivity contribution < 1.29 is 18.7 Å². The lowest BCUT2D eigenvalue weighted by atomic mass is 10.0. The lowest BCUT2D eigenvalue weighted by molar-refractivity contribution is 0.0470. The number of benzene rings is 2. The monoisotopic (exact) mass is 317 g/mol. The first-order chi connectivity index (χ1) is 11.0. The predicted molar refractivity (Wildman–Crippen MR) is 82.9 cm³/mol. The molecule has 1 saturated heterocycles. The number of hydrogen-bond donors (Lipinski definition) is 1. The van der Waals surface area contributed by atoms with Crippen LogP contribution in [0.4, 0.5) is 8.78 Å². The third kappa shape index (κ3) is 3.40. The number of carbonyl (C=O) groups is 1. The Bertz CT molecular complexity index is 715. The normalized spacial score (nSPS) is 18.0. The molecule has 3 rings (SSSR count). The van der Waals surface area contributed by atoms with E-state index in [1.54, 1.807) is 18.2 Å². The average molecular weight is 317 g/mol. The average Bonchev–Trinajstić information content (AvgIpc) is 2.55. The highest BCUT2D eigenvalue weighted by Gasteiger charge is 2.25. The Kier molecular flexibility index (Phi) is 4.39. The predicted octanol–water partition coefficient (Wildman–Crippen LogP) is 3.23. The third-order valence-corrected chi connectivity index (χ3v) is 4.06. The SMILES string of the molecule is O=C(c1ccc(-c2ccc(F)cc2)cc1F)N1CCC[C@@H](O)C1. The molecule has 1 aliphatic rings. The van der Waals surface area contributed by atoms with E-state index >= 15 is 0 Å². The van der Waals surface area contributed by atoms with E-state index in [4.69, 9.17) is 0 Å². The minimum absolute atomic E-state index is 0.00929. The first-order valence-corrected chi connectivity index (χ1v) is 7.57. The van der Waals surface area contributed by atoms with E-state index in [0.717, 1.165) is 0 Å². The second-order valence-corrected chi connectivity index (χ2v) is 5.75. The standard InChI is InChI=1S/C18H17F2NO2/c19-14-6-3-12(4-7-14)13-5-8-16(17(20)10-13)18(23)21-9-1-2-15(22)11-21/h3-8,10,15,22H,1-2,9,11H2/t15-/m1/s1. The summed E-state index contributed by atoms with van der Waals surface area (Å²) in [5, 5.41) is 9.64. The van der Waals surface area contributed by atoms with Gasteiger partial charge in [0.15, 0.2) is 0 Å². The maximum absolute atomic E-state index is 14.3. The van der Waals surface area contributed by atoms with Crippen LogP contribution in [0.15, 0.2) is 42.5 Å². The van der Waals surface area contributed by atoms with Crippen LogP contribution in [0, 0.1) is 11.6 Å². The van der Waals surface area contributed by atoms with E-state index in [1.807, 2.05) is 0 Å². The zero-order valence-corrected chi connectivity index (χ0v) is 12.5. The number of carbonyl (C=O) groups excluding carboxylic acids is 1. The Labute approximate surface area is 133 Å². The lowest BCUT2D eigenvalue weighted by Gasteiger charge is -2.30. The highest BCUT2D eigenvalue weighted by molar-refractivity contribution is 5.95. The molecule has 120 valence electrons. The fourth-order valence-corrected chi connectivity index (χ4v) is 2.82. The molecule has 3 nitrogen and oxygen atoms in total. The van der Waals surface area contributed by atoms with Crippen LogP contribution >= 0.6 is 0 Å². The molecule has 0 radical (unpaired) electrons. The molecule has 2 aromatic carbocycles. The molecule has 1 fully saturated rings. The molecule has 2 aromatic rings. The zero-order valence-electron chi connectivity index (χ0n) is 12.5. The molecule has 23 heavy (non-hydrogen) atoms. The van der Waals surface area contributed by atoms with E-state index in [1.165, 1.54) is 29.2 Å². The number of hydrogen-bond acceptors (Lipinski definition) is 2. The zero-order chi connectivity index (χ0) is 16.4. The number of piperidine rings is 1. The van der Waals surface area contributed by atoms with E-state index in [0.29, 0.717) is 30.5 Å². The van der Waals surface area contributed by atoms with Gasteiger partial charge < -0.3 is 10.0 Å². The summed E-state index contributed by atoms with van der Waals surface area (Å²) in [4.78, 5) is 13.9. The van der Waals surface area contributed by atoms with Crippen LogP contribution in [0.2, 0.25) is 0 Å². The maximum atomic E-state index is 14.3. The lowest BCUT2D eigenvalue weighted by Crippen LogP contribution is -2.42. The quantitative estimate of drug-likeness (QED) is 0.924. The molecule has 0 aliphatic carbocycles. The molecule has 5 heteroatoms. The molecule has 0 saturated carbocycles. The smallest absolute Gasteiger partial charge is 0.256 e. The second-order valence-electron chi connectivity index (χ2n) is 5.75. The summed E-state index contributed by atoms with van der Waals surface area (Å²) in [6.07, 6.45) is 0.826. The Morgan fingerprint density at radius 2 is 1.78 bits per heavy atom. The number of halogens is 2. The summed E-state index contributed by atoms with van der Waals surface area (Å²) >= 11 is 0. The Morgan fingerprint density at radius 3 is 2.43 bits per heavy atom. The van der Waals surface area contributed by atoms with Gasteiger partial charge in [0.25, 0.3) is 5.91 Å². The van der Waals surface area contributed by atoms with Gasteiger partial charge in [-0.25, -0.2) is 8.78 Å². The van der Waals surface area contributed by atoms with E-state index in [9.17, 15) is 18.7 Å². The third-order valence-electron chi connectivity index (χ3n) is 4.06. The van der Waals surface area contributed by atoms with E-state index in [2.05, 4.69) is 0 Å². The summed E-state index contributed by atoms with van der Waals surface area (Å²) in [6.45, 7) is 0.757. The van der Waals surface area contributed by atoms with Gasteiger partial charge in [0.1, 0.15) is 11.6 Å². The van der Waals surface area contributed by atoms with Gasteiger partial charge in [-0.15, -0.1) is 0 Å².